The van der Waals surface area contributed by atoms with Crippen LogP contribution in [0.2, 0.25) is 10.0 Å². The van der Waals surface area contributed by atoms with E-state index in [0.29, 0.717) is 49.3 Å². The van der Waals surface area contributed by atoms with Gasteiger partial charge in [-0.05, 0) is 115 Å². The van der Waals surface area contributed by atoms with Crippen molar-refractivity contribution in [2.45, 2.75) is 44.4 Å². The minimum absolute atomic E-state index is 0.259. The predicted octanol–water partition coefficient (Wildman–Crippen LogP) is 9.01. The molecule has 1 aromatic heterocycles. The molecule has 6 rings (SSSR count). The largest absolute Gasteiger partial charge is 0.484 e. The van der Waals surface area contributed by atoms with Crippen LogP contribution in [0.25, 0.3) is 21.7 Å². The van der Waals surface area contributed by atoms with Gasteiger partial charge in [-0.3, -0.25) is 4.79 Å². The third-order valence-corrected chi connectivity index (χ3v) is 10.9. The quantitative estimate of drug-likeness (QED) is 0.125. The standard InChI is InChI=1S/C32H26Cl2INO4S/c1-17-8-18(2)32(19(3)9-17)41(38,39)36-15-26(24-7-6-21(12-29(24)36)20-4-5-20)30(37)16-40-31-14-25-22(11-28(31)35)10-23(33)13-27(25)34/h6-15,20H,4-5,16H2,1-3H3. The predicted molar refractivity (Wildman–Crippen MR) is 174 cm³/mol. The van der Waals surface area contributed by atoms with Gasteiger partial charge < -0.3 is 4.74 Å². The fourth-order valence-corrected chi connectivity index (χ4v) is 8.59. The van der Waals surface area contributed by atoms with Crippen molar-refractivity contribution in [1.82, 2.24) is 3.97 Å². The normalized spacial score (nSPS) is 13.7. The number of Topliss-reactive ketones (excluding diaryl/α,β-unsaturated/α-hetero) is 1. The number of aromatic nitrogens is 1. The molecule has 210 valence electrons. The van der Waals surface area contributed by atoms with Gasteiger partial charge in [-0.25, -0.2) is 12.4 Å². The fourth-order valence-electron chi connectivity index (χ4n) is 5.59. The molecule has 4 aromatic carbocycles. The molecule has 9 heteroatoms. The van der Waals surface area contributed by atoms with E-state index in [1.165, 1.54) is 10.2 Å². The lowest BCUT2D eigenvalue weighted by molar-refractivity contribution is 0.0922. The number of halogens is 3. The van der Waals surface area contributed by atoms with Crippen LogP contribution >= 0.6 is 45.8 Å². The average Bonchev–Trinajstić information content (AvgIpc) is 3.66. The van der Waals surface area contributed by atoms with Crippen LogP contribution in [-0.2, 0) is 10.0 Å². The molecule has 0 atom stereocenters. The van der Waals surface area contributed by atoms with Crippen molar-refractivity contribution in [1.29, 1.82) is 0 Å². The first-order valence-corrected chi connectivity index (χ1v) is 16.4. The lowest BCUT2D eigenvalue weighted by Crippen LogP contribution is -2.16. The zero-order valence-corrected chi connectivity index (χ0v) is 27.1. The summed E-state index contributed by atoms with van der Waals surface area (Å²) in [7, 11) is -3.99. The lowest BCUT2D eigenvalue weighted by Gasteiger charge is -2.14. The minimum Gasteiger partial charge on any atom is -0.484 e. The SMILES string of the molecule is Cc1cc(C)c(S(=O)(=O)n2cc(C(=O)COc3cc4c(Cl)cc(Cl)cc4cc3I)c3ccc(C4CC4)cc32)c(C)c1. The number of benzene rings is 4. The highest BCUT2D eigenvalue weighted by Crippen LogP contribution is 2.42. The highest BCUT2D eigenvalue weighted by atomic mass is 127. The molecule has 1 fully saturated rings. The summed E-state index contributed by atoms with van der Waals surface area (Å²) < 4.78 is 36.3. The van der Waals surface area contributed by atoms with Crippen molar-refractivity contribution < 1.29 is 17.9 Å². The summed E-state index contributed by atoms with van der Waals surface area (Å²) in [5, 5.41) is 3.24. The van der Waals surface area contributed by atoms with Crippen LogP contribution in [0.15, 0.2) is 65.7 Å². The van der Waals surface area contributed by atoms with Gasteiger partial charge in [-0.15, -0.1) is 0 Å². The Morgan fingerprint density at radius 3 is 2.37 bits per heavy atom. The van der Waals surface area contributed by atoms with Crippen LogP contribution in [-0.4, -0.2) is 24.8 Å². The van der Waals surface area contributed by atoms with Gasteiger partial charge in [0.2, 0.25) is 5.78 Å². The number of ketones is 1. The van der Waals surface area contributed by atoms with Crippen molar-refractivity contribution in [3.05, 3.63) is 102 Å². The number of carbonyl (C=O) groups excluding carboxylic acids is 1. The molecule has 0 saturated heterocycles. The Bertz CT molecular complexity index is 1990. The van der Waals surface area contributed by atoms with E-state index in [9.17, 15) is 13.2 Å². The van der Waals surface area contributed by atoms with Crippen LogP contribution < -0.4 is 4.74 Å². The van der Waals surface area contributed by atoms with E-state index < -0.39 is 10.0 Å². The first-order valence-electron chi connectivity index (χ1n) is 13.2. The van der Waals surface area contributed by atoms with Gasteiger partial charge in [0, 0.05) is 27.6 Å². The summed E-state index contributed by atoms with van der Waals surface area (Å²) in [6, 6.07) is 16.7. The Balaban J connectivity index is 1.41. The molecular formula is C32H26Cl2INO4S. The first kappa shape index (κ1) is 28.5. The van der Waals surface area contributed by atoms with E-state index in [4.69, 9.17) is 27.9 Å². The van der Waals surface area contributed by atoms with Crippen LogP contribution in [0.1, 0.15) is 51.4 Å². The molecule has 1 aliphatic rings. The zero-order valence-electron chi connectivity index (χ0n) is 22.6. The summed E-state index contributed by atoms with van der Waals surface area (Å²) in [6.45, 7) is 5.29. The first-order chi connectivity index (χ1) is 19.4. The highest BCUT2D eigenvalue weighted by molar-refractivity contribution is 14.1. The molecular weight excluding hydrogens is 692 g/mol. The number of hydrogen-bond donors (Lipinski definition) is 0. The van der Waals surface area contributed by atoms with Crippen molar-refractivity contribution in [2.24, 2.45) is 0 Å². The number of aryl methyl sites for hydroxylation is 3. The third-order valence-electron chi connectivity index (χ3n) is 7.54. The highest BCUT2D eigenvalue weighted by Gasteiger charge is 2.29. The summed E-state index contributed by atoms with van der Waals surface area (Å²) in [4.78, 5) is 13.9. The molecule has 0 bridgehead atoms. The number of fused-ring (bicyclic) bond motifs is 2. The fraction of sp³-hybridized carbons (Fsp3) is 0.219. The summed E-state index contributed by atoms with van der Waals surface area (Å²) in [6.07, 6.45) is 3.61. The summed E-state index contributed by atoms with van der Waals surface area (Å²) in [5.41, 5.74) is 4.22. The summed E-state index contributed by atoms with van der Waals surface area (Å²) in [5.74, 6) is 0.611. The van der Waals surface area contributed by atoms with Gasteiger partial charge in [0.25, 0.3) is 10.0 Å². The van der Waals surface area contributed by atoms with Crippen LogP contribution in [0.3, 0.4) is 0 Å². The van der Waals surface area contributed by atoms with E-state index >= 15 is 0 Å². The Labute approximate surface area is 262 Å². The number of ether oxygens (including phenoxy) is 1. The number of hydrogen-bond acceptors (Lipinski definition) is 4. The molecule has 0 radical (unpaired) electrons. The van der Waals surface area contributed by atoms with Gasteiger partial charge in [-0.1, -0.05) is 53.0 Å². The Hall–Kier alpha value is -2.59. The smallest absolute Gasteiger partial charge is 0.268 e. The number of rotatable bonds is 7. The molecule has 5 nitrogen and oxygen atoms in total. The number of nitrogens with zero attached hydrogens (tertiary/aromatic N) is 1. The molecule has 1 heterocycles. The maximum absolute atomic E-state index is 14.1. The lowest BCUT2D eigenvalue weighted by atomic mass is 10.1. The van der Waals surface area contributed by atoms with E-state index in [1.54, 1.807) is 26.0 Å². The Kier molecular flexibility index (Phi) is 7.37. The Morgan fingerprint density at radius 2 is 1.68 bits per heavy atom. The van der Waals surface area contributed by atoms with Crippen LogP contribution in [0.4, 0.5) is 0 Å². The average molecular weight is 718 g/mol. The molecule has 1 aliphatic carbocycles. The second-order valence-corrected chi connectivity index (χ2v) is 14.5. The molecule has 0 N–H and O–H groups in total. The molecule has 0 amide bonds. The maximum Gasteiger partial charge on any atom is 0.268 e. The summed E-state index contributed by atoms with van der Waals surface area (Å²) >= 11 is 14.7. The molecule has 41 heavy (non-hydrogen) atoms. The van der Waals surface area contributed by atoms with E-state index in [0.717, 1.165) is 38.3 Å². The van der Waals surface area contributed by atoms with E-state index in [2.05, 4.69) is 22.6 Å². The zero-order chi connectivity index (χ0) is 29.2. The van der Waals surface area contributed by atoms with Crippen LogP contribution in [0, 0.1) is 24.3 Å². The molecule has 1 saturated carbocycles. The molecule has 0 aliphatic heterocycles. The van der Waals surface area contributed by atoms with E-state index in [1.807, 2.05) is 49.4 Å². The molecule has 0 spiro atoms. The van der Waals surface area contributed by atoms with Crippen molar-refractivity contribution in [2.75, 3.05) is 6.61 Å². The van der Waals surface area contributed by atoms with Gasteiger partial charge in [-0.2, -0.15) is 0 Å². The van der Waals surface area contributed by atoms with Crippen molar-refractivity contribution in [3.8, 4) is 5.75 Å². The molecule has 0 unspecified atom stereocenters. The van der Waals surface area contributed by atoms with E-state index in [-0.39, 0.29) is 17.3 Å². The van der Waals surface area contributed by atoms with Crippen LogP contribution in [0.5, 0.6) is 5.75 Å². The van der Waals surface area contributed by atoms with Crippen molar-refractivity contribution >= 4 is 83.3 Å². The van der Waals surface area contributed by atoms with Gasteiger partial charge in [0.05, 0.1) is 19.0 Å². The second kappa shape index (κ2) is 10.6. The van der Waals surface area contributed by atoms with Gasteiger partial charge in [0.15, 0.2) is 6.61 Å². The monoisotopic (exact) mass is 717 g/mol. The number of carbonyl (C=O) groups is 1. The van der Waals surface area contributed by atoms with Gasteiger partial charge in [0.1, 0.15) is 5.75 Å². The Morgan fingerprint density at radius 1 is 0.976 bits per heavy atom. The molecule has 5 aromatic rings. The maximum atomic E-state index is 14.1. The van der Waals surface area contributed by atoms with Crippen molar-refractivity contribution in [3.63, 3.8) is 0 Å². The topological polar surface area (TPSA) is 65.4 Å². The minimum atomic E-state index is -3.99. The third kappa shape index (κ3) is 5.26. The second-order valence-electron chi connectivity index (χ2n) is 10.7. The van der Waals surface area contributed by atoms with Gasteiger partial charge >= 0.3 is 0 Å².